The molecule has 1 fully saturated rings. The smallest absolute Gasteiger partial charge is 0.123 e. The van der Waals surface area contributed by atoms with Gasteiger partial charge in [0.2, 0.25) is 0 Å². The molecule has 118 valence electrons. The van der Waals surface area contributed by atoms with Gasteiger partial charge in [-0.1, -0.05) is 39.8 Å². The van der Waals surface area contributed by atoms with E-state index in [1.54, 1.807) is 12.1 Å². The minimum absolute atomic E-state index is 0.133. The van der Waals surface area contributed by atoms with Crippen molar-refractivity contribution in [3.63, 3.8) is 0 Å². The van der Waals surface area contributed by atoms with Gasteiger partial charge in [0, 0.05) is 31.2 Å². The van der Waals surface area contributed by atoms with Gasteiger partial charge in [-0.25, -0.2) is 4.39 Å². The fraction of sp³-hybridized carbons (Fsp3) is 0.667. The summed E-state index contributed by atoms with van der Waals surface area (Å²) in [5.74, 6) is -0.145. The number of rotatable bonds is 3. The lowest BCUT2D eigenvalue weighted by Gasteiger charge is -2.51. The Hall–Kier alpha value is -0.930. The first-order chi connectivity index (χ1) is 9.74. The highest BCUT2D eigenvalue weighted by atomic mass is 19.1. The van der Waals surface area contributed by atoms with Gasteiger partial charge in [-0.15, -0.1) is 0 Å². The lowest BCUT2D eigenvalue weighted by atomic mass is 9.81. The Morgan fingerprint density at radius 2 is 2.10 bits per heavy atom. The van der Waals surface area contributed by atoms with Gasteiger partial charge in [0.15, 0.2) is 0 Å². The average molecular weight is 292 g/mol. The monoisotopic (exact) mass is 292 g/mol. The van der Waals surface area contributed by atoms with Crippen molar-refractivity contribution in [3.8, 4) is 0 Å². The Balaban J connectivity index is 2.18. The summed E-state index contributed by atoms with van der Waals surface area (Å²) in [5, 5.41) is 3.71. The summed E-state index contributed by atoms with van der Waals surface area (Å²) in [5.41, 5.74) is 1.42. The first kappa shape index (κ1) is 16.4. The predicted octanol–water partition coefficient (Wildman–Crippen LogP) is 3.81. The summed E-state index contributed by atoms with van der Waals surface area (Å²) in [6.07, 6.45) is 1.09. The highest BCUT2D eigenvalue weighted by molar-refractivity contribution is 5.17. The molecule has 0 amide bonds. The molecule has 1 aromatic carbocycles. The fourth-order valence-electron chi connectivity index (χ4n) is 3.00. The third kappa shape index (κ3) is 3.83. The minimum Gasteiger partial charge on any atom is -0.310 e. The van der Waals surface area contributed by atoms with Crippen LogP contribution in [0.5, 0.6) is 0 Å². The Morgan fingerprint density at radius 3 is 2.67 bits per heavy atom. The van der Waals surface area contributed by atoms with E-state index in [0.717, 1.165) is 31.6 Å². The maximum Gasteiger partial charge on any atom is 0.123 e. The number of benzene rings is 1. The van der Waals surface area contributed by atoms with Gasteiger partial charge in [-0.05, 0) is 36.5 Å². The van der Waals surface area contributed by atoms with E-state index in [0.29, 0.717) is 6.04 Å². The molecule has 1 aromatic rings. The van der Waals surface area contributed by atoms with Crippen LogP contribution in [0.3, 0.4) is 0 Å². The van der Waals surface area contributed by atoms with E-state index >= 15 is 0 Å². The number of nitrogens with one attached hydrogen (secondary N) is 1. The van der Waals surface area contributed by atoms with Crippen LogP contribution in [0.1, 0.15) is 46.6 Å². The zero-order valence-electron chi connectivity index (χ0n) is 14.0. The molecule has 0 aliphatic carbocycles. The second-order valence-electron chi connectivity index (χ2n) is 7.66. The molecule has 2 nitrogen and oxygen atoms in total. The van der Waals surface area contributed by atoms with Crippen LogP contribution in [0, 0.1) is 11.2 Å². The highest BCUT2D eigenvalue weighted by Gasteiger charge is 2.39. The molecular formula is C18H29FN2. The van der Waals surface area contributed by atoms with Crippen molar-refractivity contribution in [2.45, 2.75) is 59.2 Å². The van der Waals surface area contributed by atoms with E-state index < -0.39 is 0 Å². The summed E-state index contributed by atoms with van der Waals surface area (Å²) < 4.78 is 13.4. The normalized spacial score (nSPS) is 27.8. The zero-order chi connectivity index (χ0) is 15.7. The van der Waals surface area contributed by atoms with Crippen molar-refractivity contribution in [1.82, 2.24) is 10.2 Å². The number of nitrogens with zero attached hydrogens (tertiary/aromatic N) is 1. The fourth-order valence-corrected chi connectivity index (χ4v) is 3.00. The van der Waals surface area contributed by atoms with Crippen LogP contribution in [0.4, 0.5) is 4.39 Å². The average Bonchev–Trinajstić information content (AvgIpc) is 2.40. The number of hydrogen-bond acceptors (Lipinski definition) is 2. The molecular weight excluding hydrogens is 263 g/mol. The number of piperazine rings is 1. The second-order valence-corrected chi connectivity index (χ2v) is 7.66. The van der Waals surface area contributed by atoms with Crippen LogP contribution < -0.4 is 5.32 Å². The first-order valence-electron chi connectivity index (χ1n) is 7.97. The van der Waals surface area contributed by atoms with Gasteiger partial charge in [0.1, 0.15) is 5.82 Å². The summed E-state index contributed by atoms with van der Waals surface area (Å²) in [4.78, 5) is 2.52. The minimum atomic E-state index is -0.145. The maximum absolute atomic E-state index is 13.4. The van der Waals surface area contributed by atoms with Crippen LogP contribution in [-0.2, 0) is 6.54 Å². The topological polar surface area (TPSA) is 15.3 Å². The van der Waals surface area contributed by atoms with Gasteiger partial charge < -0.3 is 5.32 Å². The molecule has 1 N–H and O–H groups in total. The molecule has 0 aromatic heterocycles. The van der Waals surface area contributed by atoms with E-state index in [9.17, 15) is 4.39 Å². The molecule has 2 rings (SSSR count). The molecule has 1 saturated heterocycles. The molecule has 1 heterocycles. The largest absolute Gasteiger partial charge is 0.310 e. The Bertz CT molecular complexity index is 480. The molecule has 0 spiro atoms. The van der Waals surface area contributed by atoms with Gasteiger partial charge in [-0.3, -0.25) is 4.90 Å². The van der Waals surface area contributed by atoms with Gasteiger partial charge >= 0.3 is 0 Å². The third-order valence-electron chi connectivity index (χ3n) is 4.97. The van der Waals surface area contributed by atoms with E-state index in [-0.39, 0.29) is 16.8 Å². The van der Waals surface area contributed by atoms with Gasteiger partial charge in [0.05, 0.1) is 0 Å². The van der Waals surface area contributed by atoms with E-state index in [4.69, 9.17) is 0 Å². The zero-order valence-corrected chi connectivity index (χ0v) is 14.0. The van der Waals surface area contributed by atoms with Crippen LogP contribution in [-0.4, -0.2) is 29.6 Å². The maximum atomic E-state index is 13.4. The Labute approximate surface area is 128 Å². The van der Waals surface area contributed by atoms with Crippen molar-refractivity contribution in [3.05, 3.63) is 35.6 Å². The van der Waals surface area contributed by atoms with Crippen molar-refractivity contribution < 1.29 is 4.39 Å². The number of hydrogen-bond donors (Lipinski definition) is 1. The van der Waals surface area contributed by atoms with E-state index in [2.05, 4.69) is 44.8 Å². The summed E-state index contributed by atoms with van der Waals surface area (Å²) in [6, 6.07) is 7.46. The lowest BCUT2D eigenvalue weighted by molar-refractivity contribution is 0.0157. The molecule has 21 heavy (non-hydrogen) atoms. The summed E-state index contributed by atoms with van der Waals surface area (Å²) >= 11 is 0. The van der Waals surface area contributed by atoms with Crippen LogP contribution in [0.2, 0.25) is 0 Å². The molecule has 0 bridgehead atoms. The predicted molar refractivity (Wildman–Crippen MR) is 86.8 cm³/mol. The quantitative estimate of drug-likeness (QED) is 0.911. The first-order valence-corrected chi connectivity index (χ1v) is 7.97. The highest BCUT2D eigenvalue weighted by Crippen LogP contribution is 2.30. The molecule has 2 unspecified atom stereocenters. The van der Waals surface area contributed by atoms with Gasteiger partial charge in [-0.2, -0.15) is 0 Å². The van der Waals surface area contributed by atoms with Crippen molar-refractivity contribution in [2.75, 3.05) is 13.1 Å². The summed E-state index contributed by atoms with van der Waals surface area (Å²) in [6.45, 7) is 14.2. The standard InChI is InChI=1S/C18H29FN2/c1-6-18(5)13-20-16(17(2,3)4)12-21(18)11-14-8-7-9-15(19)10-14/h7-10,16,20H,6,11-13H2,1-5H3. The third-order valence-corrected chi connectivity index (χ3v) is 4.97. The summed E-state index contributed by atoms with van der Waals surface area (Å²) in [7, 11) is 0. The SMILES string of the molecule is CCC1(C)CNC(C(C)(C)C)CN1Cc1cccc(F)c1. The van der Waals surface area contributed by atoms with Crippen molar-refractivity contribution in [1.29, 1.82) is 0 Å². The van der Waals surface area contributed by atoms with Crippen LogP contribution in [0.15, 0.2) is 24.3 Å². The molecule has 1 aliphatic heterocycles. The van der Waals surface area contributed by atoms with E-state index in [1.807, 2.05) is 6.07 Å². The number of halogens is 1. The molecule has 0 radical (unpaired) electrons. The molecule has 2 atom stereocenters. The molecule has 1 aliphatic rings. The molecule has 3 heteroatoms. The Morgan fingerprint density at radius 1 is 1.38 bits per heavy atom. The van der Waals surface area contributed by atoms with Crippen LogP contribution >= 0.6 is 0 Å². The van der Waals surface area contributed by atoms with Crippen LogP contribution in [0.25, 0.3) is 0 Å². The van der Waals surface area contributed by atoms with Crippen molar-refractivity contribution >= 4 is 0 Å². The Kier molecular flexibility index (Phi) is 4.74. The van der Waals surface area contributed by atoms with E-state index in [1.165, 1.54) is 6.07 Å². The van der Waals surface area contributed by atoms with Crippen molar-refractivity contribution in [2.24, 2.45) is 5.41 Å². The second kappa shape index (κ2) is 6.05. The van der Waals surface area contributed by atoms with Gasteiger partial charge in [0.25, 0.3) is 0 Å². The molecule has 0 saturated carbocycles. The lowest BCUT2D eigenvalue weighted by Crippen LogP contribution is -2.65.